The van der Waals surface area contributed by atoms with Gasteiger partial charge in [-0.1, -0.05) is 86.6 Å². The number of aromatic hydroxyl groups is 1. The van der Waals surface area contributed by atoms with Crippen LogP contribution in [0, 0.1) is 0 Å². The van der Waals surface area contributed by atoms with E-state index in [4.69, 9.17) is 0 Å². The lowest BCUT2D eigenvalue weighted by Crippen LogP contribution is -2.04. The fourth-order valence-corrected chi connectivity index (χ4v) is 3.74. The molecule has 0 radical (unpaired) electrons. The molecule has 0 heterocycles. The highest BCUT2D eigenvalue weighted by molar-refractivity contribution is 5.46. The van der Waals surface area contributed by atoms with Crippen LogP contribution >= 0.6 is 0 Å². The topological polar surface area (TPSA) is 20.2 Å². The monoisotopic (exact) mass is 330 g/mol. The maximum atomic E-state index is 10.5. The Balaban J connectivity index is 2.03. The fourth-order valence-electron chi connectivity index (χ4n) is 3.74. The Kier molecular flexibility index (Phi) is 5.55. The maximum absolute atomic E-state index is 10.5. The van der Waals surface area contributed by atoms with Crippen LogP contribution < -0.4 is 0 Å². The highest BCUT2D eigenvalue weighted by Crippen LogP contribution is 2.37. The lowest BCUT2D eigenvalue weighted by molar-refractivity contribution is 0.463. The van der Waals surface area contributed by atoms with Crippen molar-refractivity contribution in [1.29, 1.82) is 0 Å². The van der Waals surface area contributed by atoms with Gasteiger partial charge in [-0.05, 0) is 35.6 Å². The highest BCUT2D eigenvalue weighted by Gasteiger charge is 2.19. The van der Waals surface area contributed by atoms with Crippen molar-refractivity contribution in [2.24, 2.45) is 0 Å². The third kappa shape index (κ3) is 3.76. The molecule has 3 rings (SSSR count). The summed E-state index contributed by atoms with van der Waals surface area (Å²) in [7, 11) is 0. The molecular formula is C24H26O. The van der Waals surface area contributed by atoms with Crippen molar-refractivity contribution in [1.82, 2.24) is 0 Å². The zero-order valence-corrected chi connectivity index (χ0v) is 15.0. The van der Waals surface area contributed by atoms with E-state index in [0.29, 0.717) is 11.7 Å². The summed E-state index contributed by atoms with van der Waals surface area (Å²) >= 11 is 0. The lowest BCUT2D eigenvalue weighted by Gasteiger charge is -2.21. The second-order valence-electron chi connectivity index (χ2n) is 6.56. The van der Waals surface area contributed by atoms with Gasteiger partial charge in [0.15, 0.2) is 0 Å². The van der Waals surface area contributed by atoms with Gasteiger partial charge in [-0.3, -0.25) is 0 Å². The third-order valence-electron chi connectivity index (χ3n) is 5.05. The summed E-state index contributed by atoms with van der Waals surface area (Å²) in [6.45, 7) is 4.40. The molecule has 0 spiro atoms. The summed E-state index contributed by atoms with van der Waals surface area (Å²) in [5, 5.41) is 10.5. The molecule has 128 valence electrons. The molecule has 1 heteroatoms. The molecule has 0 saturated heterocycles. The van der Waals surface area contributed by atoms with E-state index < -0.39 is 0 Å². The molecular weight excluding hydrogens is 304 g/mol. The van der Waals surface area contributed by atoms with Gasteiger partial charge in [-0.15, -0.1) is 0 Å². The van der Waals surface area contributed by atoms with Gasteiger partial charge in [0.1, 0.15) is 5.75 Å². The van der Waals surface area contributed by atoms with Crippen LogP contribution in [0.25, 0.3) is 0 Å². The smallest absolute Gasteiger partial charge is 0.119 e. The number of hydrogen-bond acceptors (Lipinski definition) is 1. The van der Waals surface area contributed by atoms with Crippen LogP contribution in [0.1, 0.15) is 60.8 Å². The molecule has 0 aliphatic carbocycles. The third-order valence-corrected chi connectivity index (χ3v) is 5.05. The predicted molar refractivity (Wildman–Crippen MR) is 105 cm³/mol. The highest BCUT2D eigenvalue weighted by atomic mass is 16.3. The van der Waals surface area contributed by atoms with E-state index in [-0.39, 0.29) is 5.92 Å². The van der Waals surface area contributed by atoms with Crippen LogP contribution in [-0.4, -0.2) is 5.11 Å². The standard InChI is InChI=1S/C24H26O/c1-3-21(18-11-7-5-8-12-18)20-15-16-24(25)23(17-20)22(4-2)19-13-9-6-10-14-19/h5-17,21-22,25H,3-4H2,1-2H3. The Morgan fingerprint density at radius 1 is 0.640 bits per heavy atom. The summed E-state index contributed by atoms with van der Waals surface area (Å²) in [5.41, 5.74) is 4.89. The van der Waals surface area contributed by atoms with Gasteiger partial charge in [0.05, 0.1) is 0 Å². The molecule has 0 saturated carbocycles. The number of benzene rings is 3. The van der Waals surface area contributed by atoms with Crippen LogP contribution in [0.4, 0.5) is 0 Å². The van der Waals surface area contributed by atoms with E-state index in [1.807, 2.05) is 12.1 Å². The van der Waals surface area contributed by atoms with Crippen molar-refractivity contribution < 1.29 is 5.11 Å². The van der Waals surface area contributed by atoms with Crippen molar-refractivity contribution in [2.45, 2.75) is 38.5 Å². The molecule has 0 aliphatic heterocycles. The molecule has 25 heavy (non-hydrogen) atoms. The first-order valence-electron chi connectivity index (χ1n) is 9.17. The number of phenols is 1. The number of rotatable bonds is 6. The van der Waals surface area contributed by atoms with Gasteiger partial charge in [-0.25, -0.2) is 0 Å². The lowest BCUT2D eigenvalue weighted by atomic mass is 9.83. The van der Waals surface area contributed by atoms with Gasteiger partial charge in [0, 0.05) is 17.4 Å². The summed E-state index contributed by atoms with van der Waals surface area (Å²) < 4.78 is 0. The summed E-state index contributed by atoms with van der Waals surface area (Å²) in [6, 6.07) is 27.2. The molecule has 2 unspecified atom stereocenters. The summed E-state index contributed by atoms with van der Waals surface area (Å²) in [4.78, 5) is 0. The first-order valence-corrected chi connectivity index (χ1v) is 9.17. The Morgan fingerprint density at radius 2 is 1.16 bits per heavy atom. The van der Waals surface area contributed by atoms with Gasteiger partial charge in [0.2, 0.25) is 0 Å². The minimum absolute atomic E-state index is 0.217. The van der Waals surface area contributed by atoms with Gasteiger partial charge in [0.25, 0.3) is 0 Å². The minimum Gasteiger partial charge on any atom is -0.508 e. The molecule has 1 N–H and O–H groups in total. The van der Waals surface area contributed by atoms with Crippen LogP contribution in [0.2, 0.25) is 0 Å². The largest absolute Gasteiger partial charge is 0.508 e. The molecule has 3 aromatic rings. The van der Waals surface area contributed by atoms with E-state index in [1.165, 1.54) is 16.7 Å². The van der Waals surface area contributed by atoms with E-state index in [9.17, 15) is 5.11 Å². The zero-order valence-electron chi connectivity index (χ0n) is 15.0. The Bertz CT molecular complexity index is 793. The normalized spacial score (nSPS) is 13.4. The van der Waals surface area contributed by atoms with Gasteiger partial charge in [-0.2, -0.15) is 0 Å². The van der Waals surface area contributed by atoms with E-state index in [2.05, 4.69) is 80.6 Å². The summed E-state index contributed by atoms with van der Waals surface area (Å²) in [5.74, 6) is 0.964. The number of hydrogen-bond donors (Lipinski definition) is 1. The van der Waals surface area contributed by atoms with Crippen LogP contribution in [0.5, 0.6) is 5.75 Å². The summed E-state index contributed by atoms with van der Waals surface area (Å²) in [6.07, 6.45) is 2.00. The van der Waals surface area contributed by atoms with Crippen molar-refractivity contribution in [2.75, 3.05) is 0 Å². The van der Waals surface area contributed by atoms with Crippen LogP contribution in [-0.2, 0) is 0 Å². The van der Waals surface area contributed by atoms with E-state index >= 15 is 0 Å². The SMILES string of the molecule is CCC(c1ccccc1)c1ccc(O)c(C(CC)c2ccccc2)c1. The first kappa shape index (κ1) is 17.3. The molecule has 0 aliphatic rings. The number of phenolic OH excluding ortho intramolecular Hbond substituents is 1. The van der Waals surface area contributed by atoms with E-state index in [1.54, 1.807) is 0 Å². The van der Waals surface area contributed by atoms with Gasteiger partial charge >= 0.3 is 0 Å². The predicted octanol–water partition coefficient (Wildman–Crippen LogP) is 6.48. The van der Waals surface area contributed by atoms with Crippen molar-refractivity contribution in [3.05, 3.63) is 101 Å². The quantitative estimate of drug-likeness (QED) is 0.548. The van der Waals surface area contributed by atoms with E-state index in [0.717, 1.165) is 18.4 Å². The molecule has 0 fully saturated rings. The Hall–Kier alpha value is -2.54. The second-order valence-corrected chi connectivity index (χ2v) is 6.56. The molecule has 0 amide bonds. The Labute approximate surface area is 151 Å². The molecule has 0 bridgehead atoms. The average molecular weight is 330 g/mol. The van der Waals surface area contributed by atoms with Gasteiger partial charge < -0.3 is 5.11 Å². The molecule has 0 aromatic heterocycles. The average Bonchev–Trinajstić information content (AvgIpc) is 2.67. The van der Waals surface area contributed by atoms with Crippen LogP contribution in [0.15, 0.2) is 78.9 Å². The fraction of sp³-hybridized carbons (Fsp3) is 0.250. The Morgan fingerprint density at radius 3 is 1.68 bits per heavy atom. The maximum Gasteiger partial charge on any atom is 0.119 e. The van der Waals surface area contributed by atoms with Crippen molar-refractivity contribution in [3.63, 3.8) is 0 Å². The molecule has 3 aromatic carbocycles. The van der Waals surface area contributed by atoms with Crippen molar-refractivity contribution in [3.8, 4) is 5.75 Å². The molecule has 1 nitrogen and oxygen atoms in total. The zero-order chi connectivity index (χ0) is 17.6. The second kappa shape index (κ2) is 8.02. The molecule has 2 atom stereocenters. The first-order chi connectivity index (χ1) is 12.2. The van der Waals surface area contributed by atoms with Crippen molar-refractivity contribution >= 4 is 0 Å². The van der Waals surface area contributed by atoms with Crippen LogP contribution in [0.3, 0.4) is 0 Å². The minimum atomic E-state index is 0.217.